The van der Waals surface area contributed by atoms with E-state index in [2.05, 4.69) is 49.1 Å². The van der Waals surface area contributed by atoms with Gasteiger partial charge in [0.05, 0.1) is 0 Å². The van der Waals surface area contributed by atoms with Crippen molar-refractivity contribution in [2.75, 3.05) is 19.6 Å². The van der Waals surface area contributed by atoms with Gasteiger partial charge in [-0.15, -0.1) is 0 Å². The van der Waals surface area contributed by atoms with Crippen LogP contribution in [0.2, 0.25) is 0 Å². The van der Waals surface area contributed by atoms with E-state index < -0.39 is 0 Å². The average Bonchev–Trinajstić information content (AvgIpc) is 2.90. The largest absolute Gasteiger partial charge is 0.329 e. The van der Waals surface area contributed by atoms with E-state index in [1.807, 2.05) is 0 Å². The lowest BCUT2D eigenvalue weighted by Gasteiger charge is -2.32. The summed E-state index contributed by atoms with van der Waals surface area (Å²) in [7, 11) is 0. The van der Waals surface area contributed by atoms with Crippen LogP contribution in [-0.4, -0.2) is 30.6 Å². The third kappa shape index (κ3) is 3.58. The van der Waals surface area contributed by atoms with Crippen molar-refractivity contribution < 1.29 is 0 Å². The van der Waals surface area contributed by atoms with Crippen molar-refractivity contribution in [1.29, 1.82) is 0 Å². The summed E-state index contributed by atoms with van der Waals surface area (Å²) in [6.07, 6.45) is 3.82. The highest BCUT2D eigenvalue weighted by Gasteiger charge is 2.30. The van der Waals surface area contributed by atoms with Gasteiger partial charge in [-0.1, -0.05) is 50.6 Å². The molecule has 1 saturated heterocycles. The summed E-state index contributed by atoms with van der Waals surface area (Å²) in [5.74, 6) is 1.41. The number of rotatable bonds is 6. The standard InChI is InChI=1S/C17H28N2/c1-3-7-14(2)17(12-18)19-11-10-16(13-19)15-8-5-4-6-9-15/h4-6,8-9,14,16-17H,3,7,10-13,18H2,1-2H3. The lowest BCUT2D eigenvalue weighted by atomic mass is 9.95. The zero-order valence-corrected chi connectivity index (χ0v) is 12.4. The van der Waals surface area contributed by atoms with Crippen LogP contribution in [0.4, 0.5) is 0 Å². The molecule has 1 aliphatic rings. The van der Waals surface area contributed by atoms with Crippen LogP contribution in [0.1, 0.15) is 44.6 Å². The maximum atomic E-state index is 6.03. The lowest BCUT2D eigenvalue weighted by Crippen LogP contribution is -2.43. The number of benzene rings is 1. The van der Waals surface area contributed by atoms with E-state index >= 15 is 0 Å². The molecule has 2 nitrogen and oxygen atoms in total. The second-order valence-corrected chi connectivity index (χ2v) is 5.96. The first kappa shape index (κ1) is 14.5. The van der Waals surface area contributed by atoms with Crippen LogP contribution in [0.5, 0.6) is 0 Å². The predicted octanol–water partition coefficient (Wildman–Crippen LogP) is 3.24. The van der Waals surface area contributed by atoms with Gasteiger partial charge in [0, 0.05) is 19.1 Å². The van der Waals surface area contributed by atoms with Crippen LogP contribution >= 0.6 is 0 Å². The molecule has 0 aromatic heterocycles. The van der Waals surface area contributed by atoms with Gasteiger partial charge in [0.1, 0.15) is 0 Å². The Kier molecular flexibility index (Phi) is 5.41. The van der Waals surface area contributed by atoms with Crippen molar-refractivity contribution in [3.05, 3.63) is 35.9 Å². The minimum Gasteiger partial charge on any atom is -0.329 e. The summed E-state index contributed by atoms with van der Waals surface area (Å²) in [4.78, 5) is 2.62. The van der Waals surface area contributed by atoms with Gasteiger partial charge in [-0.05, 0) is 36.8 Å². The lowest BCUT2D eigenvalue weighted by molar-refractivity contribution is 0.179. The van der Waals surface area contributed by atoms with E-state index in [9.17, 15) is 0 Å². The fraction of sp³-hybridized carbons (Fsp3) is 0.647. The minimum absolute atomic E-state index is 0.564. The summed E-state index contributed by atoms with van der Waals surface area (Å²) < 4.78 is 0. The molecule has 3 unspecified atom stereocenters. The fourth-order valence-corrected chi connectivity index (χ4v) is 3.47. The van der Waals surface area contributed by atoms with Crippen LogP contribution < -0.4 is 5.73 Å². The molecule has 2 N–H and O–H groups in total. The topological polar surface area (TPSA) is 29.3 Å². The Hall–Kier alpha value is -0.860. The minimum atomic E-state index is 0.564. The molecule has 19 heavy (non-hydrogen) atoms. The Morgan fingerprint density at radius 2 is 2.05 bits per heavy atom. The molecular weight excluding hydrogens is 232 g/mol. The zero-order valence-electron chi connectivity index (χ0n) is 12.4. The Labute approximate surface area is 118 Å². The number of nitrogens with zero attached hydrogens (tertiary/aromatic N) is 1. The maximum absolute atomic E-state index is 6.03. The van der Waals surface area contributed by atoms with Gasteiger partial charge in [0.25, 0.3) is 0 Å². The molecule has 0 aliphatic carbocycles. The quantitative estimate of drug-likeness (QED) is 0.851. The molecule has 1 fully saturated rings. The van der Waals surface area contributed by atoms with Gasteiger partial charge in [0.2, 0.25) is 0 Å². The zero-order chi connectivity index (χ0) is 13.7. The van der Waals surface area contributed by atoms with Gasteiger partial charge >= 0.3 is 0 Å². The van der Waals surface area contributed by atoms with Crippen molar-refractivity contribution in [2.24, 2.45) is 11.7 Å². The van der Waals surface area contributed by atoms with E-state index in [4.69, 9.17) is 5.73 Å². The van der Waals surface area contributed by atoms with Gasteiger partial charge in [-0.2, -0.15) is 0 Å². The third-order valence-electron chi connectivity index (χ3n) is 4.60. The first-order valence-electron chi connectivity index (χ1n) is 7.75. The molecule has 1 aromatic carbocycles. The van der Waals surface area contributed by atoms with Crippen LogP contribution in [0, 0.1) is 5.92 Å². The highest BCUT2D eigenvalue weighted by molar-refractivity contribution is 5.21. The number of hydrogen-bond donors (Lipinski definition) is 1. The van der Waals surface area contributed by atoms with E-state index in [1.165, 1.54) is 37.9 Å². The Morgan fingerprint density at radius 1 is 1.32 bits per heavy atom. The third-order valence-corrected chi connectivity index (χ3v) is 4.60. The molecule has 1 aromatic rings. The van der Waals surface area contributed by atoms with Crippen LogP contribution in [0.15, 0.2) is 30.3 Å². The molecule has 1 heterocycles. The van der Waals surface area contributed by atoms with Crippen LogP contribution in [0.3, 0.4) is 0 Å². The summed E-state index contributed by atoms with van der Waals surface area (Å²) in [6.45, 7) is 7.80. The maximum Gasteiger partial charge on any atom is 0.0244 e. The number of hydrogen-bond acceptors (Lipinski definition) is 2. The summed E-state index contributed by atoms with van der Waals surface area (Å²) in [6, 6.07) is 11.5. The second kappa shape index (κ2) is 7.06. The molecule has 3 atom stereocenters. The monoisotopic (exact) mass is 260 g/mol. The molecule has 0 amide bonds. The molecular formula is C17H28N2. The van der Waals surface area contributed by atoms with Gasteiger partial charge < -0.3 is 5.73 Å². The van der Waals surface area contributed by atoms with E-state index in [0.717, 1.165) is 6.54 Å². The molecule has 1 aliphatic heterocycles. The SMILES string of the molecule is CCCC(C)C(CN)N1CCC(c2ccccc2)C1. The Bertz CT molecular complexity index is 363. The highest BCUT2D eigenvalue weighted by atomic mass is 15.2. The van der Waals surface area contributed by atoms with Crippen molar-refractivity contribution in [3.8, 4) is 0 Å². The summed E-state index contributed by atoms with van der Waals surface area (Å²) in [5.41, 5.74) is 7.52. The fourth-order valence-electron chi connectivity index (χ4n) is 3.47. The summed E-state index contributed by atoms with van der Waals surface area (Å²) >= 11 is 0. The van der Waals surface area contributed by atoms with Crippen LogP contribution in [0.25, 0.3) is 0 Å². The molecule has 2 rings (SSSR count). The molecule has 0 saturated carbocycles. The van der Waals surface area contributed by atoms with Gasteiger partial charge in [-0.25, -0.2) is 0 Å². The first-order chi connectivity index (χ1) is 9.26. The van der Waals surface area contributed by atoms with Crippen molar-refractivity contribution >= 4 is 0 Å². The average molecular weight is 260 g/mol. The van der Waals surface area contributed by atoms with Crippen molar-refractivity contribution in [1.82, 2.24) is 4.90 Å². The number of likely N-dealkylation sites (tertiary alicyclic amines) is 1. The molecule has 0 bridgehead atoms. The van der Waals surface area contributed by atoms with Gasteiger partial charge in [0.15, 0.2) is 0 Å². The predicted molar refractivity (Wildman–Crippen MR) is 82.3 cm³/mol. The molecule has 0 radical (unpaired) electrons. The van der Waals surface area contributed by atoms with Gasteiger partial charge in [-0.3, -0.25) is 4.90 Å². The molecule has 106 valence electrons. The molecule has 0 spiro atoms. The molecule has 2 heteroatoms. The van der Waals surface area contributed by atoms with Crippen molar-refractivity contribution in [2.45, 2.75) is 45.1 Å². The van der Waals surface area contributed by atoms with Crippen LogP contribution in [-0.2, 0) is 0 Å². The first-order valence-corrected chi connectivity index (χ1v) is 7.75. The van der Waals surface area contributed by atoms with E-state index in [1.54, 1.807) is 0 Å². The highest BCUT2D eigenvalue weighted by Crippen LogP contribution is 2.30. The van der Waals surface area contributed by atoms with Crippen molar-refractivity contribution in [3.63, 3.8) is 0 Å². The van der Waals surface area contributed by atoms with E-state index in [-0.39, 0.29) is 0 Å². The Balaban J connectivity index is 1.97. The van der Waals surface area contributed by atoms with E-state index in [0.29, 0.717) is 17.9 Å². The number of nitrogens with two attached hydrogens (primary N) is 1. The second-order valence-electron chi connectivity index (χ2n) is 5.96. The summed E-state index contributed by atoms with van der Waals surface area (Å²) in [5, 5.41) is 0. The normalized spacial score (nSPS) is 23.4. The Morgan fingerprint density at radius 3 is 2.68 bits per heavy atom. The smallest absolute Gasteiger partial charge is 0.0244 e.